The zero-order valence-corrected chi connectivity index (χ0v) is 17.2. The molecule has 0 bridgehead atoms. The Balaban J connectivity index is 1.58. The highest BCUT2D eigenvalue weighted by Gasteiger charge is 2.31. The molecular formula is C22H28ClNO4. The first-order chi connectivity index (χ1) is 13.4. The average molecular weight is 406 g/mol. The zero-order chi connectivity index (χ0) is 20.1. The molecule has 1 fully saturated rings. The van der Waals surface area contributed by atoms with Crippen LogP contribution in [0.25, 0.3) is 0 Å². The molecule has 1 heterocycles. The molecule has 0 radical (unpaired) electrons. The monoisotopic (exact) mass is 405 g/mol. The minimum atomic E-state index is -0.867. The third kappa shape index (κ3) is 5.31. The van der Waals surface area contributed by atoms with Crippen molar-refractivity contribution in [3.05, 3.63) is 52.5 Å². The molecule has 0 aliphatic carbocycles. The summed E-state index contributed by atoms with van der Waals surface area (Å²) in [4.78, 5) is 2.31. The van der Waals surface area contributed by atoms with E-state index in [1.807, 2.05) is 37.3 Å². The second-order valence-electron chi connectivity index (χ2n) is 7.58. The van der Waals surface area contributed by atoms with Crippen LogP contribution in [0.3, 0.4) is 0 Å². The lowest BCUT2D eigenvalue weighted by Gasteiger charge is -2.27. The average Bonchev–Trinajstić information content (AvgIpc) is 2.86. The van der Waals surface area contributed by atoms with Gasteiger partial charge in [0, 0.05) is 13.1 Å². The Kier molecular flexibility index (Phi) is 6.70. The van der Waals surface area contributed by atoms with Crippen molar-refractivity contribution in [1.29, 1.82) is 0 Å². The lowest BCUT2D eigenvalue weighted by Crippen LogP contribution is -2.37. The van der Waals surface area contributed by atoms with Gasteiger partial charge < -0.3 is 19.7 Å². The lowest BCUT2D eigenvalue weighted by atomic mass is 9.96. The topological polar surface area (TPSA) is 62.2 Å². The Labute approximate surface area is 171 Å². The summed E-state index contributed by atoms with van der Waals surface area (Å²) in [6, 6.07) is 11.1. The van der Waals surface area contributed by atoms with E-state index in [9.17, 15) is 10.2 Å². The number of benzene rings is 2. The number of rotatable bonds is 6. The van der Waals surface area contributed by atoms with E-state index in [0.29, 0.717) is 29.4 Å². The molecule has 2 N–H and O–H groups in total. The van der Waals surface area contributed by atoms with Crippen LogP contribution >= 0.6 is 11.6 Å². The molecule has 2 aromatic rings. The maximum absolute atomic E-state index is 11.0. The number of phenolic OH excluding ortho intramolecular Hbond substituents is 1. The Morgan fingerprint density at radius 2 is 1.93 bits per heavy atom. The molecule has 1 aliphatic rings. The SMILES string of the molecule is COc1cc(CN2CCCC(O)(COc3cc(C)ccc3Cl)CC2)ccc1O. The number of halogens is 1. The smallest absolute Gasteiger partial charge is 0.160 e. The lowest BCUT2D eigenvalue weighted by molar-refractivity contribution is -0.0168. The van der Waals surface area contributed by atoms with Crippen LogP contribution in [0, 0.1) is 6.92 Å². The minimum Gasteiger partial charge on any atom is -0.504 e. The van der Waals surface area contributed by atoms with Crippen molar-refractivity contribution in [2.45, 2.75) is 38.3 Å². The van der Waals surface area contributed by atoms with E-state index in [0.717, 1.165) is 37.2 Å². The van der Waals surface area contributed by atoms with Gasteiger partial charge in [-0.05, 0) is 68.1 Å². The Morgan fingerprint density at radius 1 is 1.11 bits per heavy atom. The highest BCUT2D eigenvalue weighted by atomic mass is 35.5. The van der Waals surface area contributed by atoms with Crippen molar-refractivity contribution < 1.29 is 19.7 Å². The fourth-order valence-corrected chi connectivity index (χ4v) is 3.72. The summed E-state index contributed by atoms with van der Waals surface area (Å²) in [6.07, 6.45) is 2.20. The van der Waals surface area contributed by atoms with Crippen LogP contribution in [0.2, 0.25) is 5.02 Å². The van der Waals surface area contributed by atoms with Crippen molar-refractivity contribution in [1.82, 2.24) is 4.90 Å². The zero-order valence-electron chi connectivity index (χ0n) is 16.4. The van der Waals surface area contributed by atoms with Crippen LogP contribution in [0.1, 0.15) is 30.4 Å². The molecule has 1 aliphatic heterocycles. The number of methoxy groups -OCH3 is 1. The van der Waals surface area contributed by atoms with E-state index in [1.54, 1.807) is 13.2 Å². The summed E-state index contributed by atoms with van der Waals surface area (Å²) in [5.74, 6) is 1.24. The van der Waals surface area contributed by atoms with E-state index in [1.165, 1.54) is 0 Å². The Hall–Kier alpha value is -1.95. The molecule has 28 heavy (non-hydrogen) atoms. The molecule has 2 aromatic carbocycles. The van der Waals surface area contributed by atoms with Crippen LogP contribution in [0.15, 0.2) is 36.4 Å². The van der Waals surface area contributed by atoms with Crippen LogP contribution in [-0.2, 0) is 6.54 Å². The molecule has 0 aromatic heterocycles. The number of likely N-dealkylation sites (tertiary alicyclic amines) is 1. The first-order valence-corrected chi connectivity index (χ1v) is 9.96. The standard InChI is InChI=1S/C22H28ClNO4/c1-16-4-6-18(23)20(12-16)28-15-22(26)8-3-10-24(11-9-22)14-17-5-7-19(25)21(13-17)27-2/h4-7,12-13,25-26H,3,8-11,14-15H2,1-2H3. The van der Waals surface area contributed by atoms with Crippen molar-refractivity contribution in [3.63, 3.8) is 0 Å². The van der Waals surface area contributed by atoms with Crippen molar-refractivity contribution in [2.24, 2.45) is 0 Å². The van der Waals surface area contributed by atoms with Crippen LogP contribution < -0.4 is 9.47 Å². The van der Waals surface area contributed by atoms with Crippen molar-refractivity contribution in [3.8, 4) is 17.2 Å². The fraction of sp³-hybridized carbons (Fsp3) is 0.455. The fourth-order valence-electron chi connectivity index (χ4n) is 3.55. The van der Waals surface area contributed by atoms with Crippen LogP contribution in [-0.4, -0.2) is 47.5 Å². The first kappa shape index (κ1) is 20.8. The van der Waals surface area contributed by atoms with Gasteiger partial charge in [-0.25, -0.2) is 0 Å². The predicted octanol–water partition coefficient (Wildman–Crippen LogP) is 4.16. The molecule has 1 unspecified atom stereocenters. The largest absolute Gasteiger partial charge is 0.504 e. The molecule has 0 amide bonds. The van der Waals surface area contributed by atoms with Gasteiger partial charge in [0.25, 0.3) is 0 Å². The first-order valence-electron chi connectivity index (χ1n) is 9.58. The van der Waals surface area contributed by atoms with Gasteiger partial charge in [0.05, 0.1) is 17.7 Å². The number of aromatic hydroxyl groups is 1. The van der Waals surface area contributed by atoms with Gasteiger partial charge in [-0.2, -0.15) is 0 Å². The number of aryl methyl sites for hydroxylation is 1. The van der Waals surface area contributed by atoms with E-state index < -0.39 is 5.60 Å². The maximum atomic E-state index is 11.0. The third-order valence-corrected chi connectivity index (χ3v) is 5.56. The number of hydrogen-bond donors (Lipinski definition) is 2. The van der Waals surface area contributed by atoms with E-state index in [-0.39, 0.29) is 12.4 Å². The summed E-state index contributed by atoms with van der Waals surface area (Å²) in [6.45, 7) is 4.63. The summed E-state index contributed by atoms with van der Waals surface area (Å²) >= 11 is 6.20. The number of aliphatic hydroxyl groups is 1. The maximum Gasteiger partial charge on any atom is 0.160 e. The van der Waals surface area contributed by atoms with Gasteiger partial charge in [-0.3, -0.25) is 4.90 Å². The van der Waals surface area contributed by atoms with E-state index in [2.05, 4.69) is 4.90 Å². The molecule has 3 rings (SSSR count). The summed E-state index contributed by atoms with van der Waals surface area (Å²) < 4.78 is 11.1. The number of nitrogens with zero attached hydrogens (tertiary/aromatic N) is 1. The van der Waals surface area contributed by atoms with Crippen molar-refractivity contribution in [2.75, 3.05) is 26.8 Å². The predicted molar refractivity (Wildman–Crippen MR) is 110 cm³/mol. The van der Waals surface area contributed by atoms with Gasteiger partial charge in [0.15, 0.2) is 11.5 Å². The second kappa shape index (κ2) is 9.03. The normalized spacial score (nSPS) is 20.6. The number of ether oxygens (including phenoxy) is 2. The van der Waals surface area contributed by atoms with Gasteiger partial charge >= 0.3 is 0 Å². The summed E-state index contributed by atoms with van der Waals surface area (Å²) in [7, 11) is 1.55. The molecule has 1 saturated heterocycles. The van der Waals surface area contributed by atoms with E-state index in [4.69, 9.17) is 21.1 Å². The molecule has 0 saturated carbocycles. The second-order valence-corrected chi connectivity index (χ2v) is 7.99. The van der Waals surface area contributed by atoms with Crippen molar-refractivity contribution >= 4 is 11.6 Å². The van der Waals surface area contributed by atoms with Gasteiger partial charge in [-0.15, -0.1) is 0 Å². The molecule has 152 valence electrons. The van der Waals surface area contributed by atoms with Gasteiger partial charge in [0.2, 0.25) is 0 Å². The number of hydrogen-bond acceptors (Lipinski definition) is 5. The summed E-state index contributed by atoms with van der Waals surface area (Å²) in [5, 5.41) is 21.3. The van der Waals surface area contributed by atoms with E-state index >= 15 is 0 Å². The Bertz CT molecular complexity index is 813. The van der Waals surface area contributed by atoms with Gasteiger partial charge in [-0.1, -0.05) is 23.7 Å². The molecule has 0 spiro atoms. The summed E-state index contributed by atoms with van der Waals surface area (Å²) in [5.41, 5.74) is 1.28. The van der Waals surface area contributed by atoms with Crippen LogP contribution in [0.4, 0.5) is 0 Å². The third-order valence-electron chi connectivity index (χ3n) is 5.24. The minimum absolute atomic E-state index is 0.142. The molecular weight excluding hydrogens is 378 g/mol. The molecule has 6 heteroatoms. The number of phenols is 1. The highest BCUT2D eigenvalue weighted by Crippen LogP contribution is 2.30. The molecule has 5 nitrogen and oxygen atoms in total. The highest BCUT2D eigenvalue weighted by molar-refractivity contribution is 6.32. The Morgan fingerprint density at radius 3 is 2.71 bits per heavy atom. The molecule has 1 atom stereocenters. The quantitative estimate of drug-likeness (QED) is 0.755. The van der Waals surface area contributed by atoms with Gasteiger partial charge in [0.1, 0.15) is 12.4 Å². The van der Waals surface area contributed by atoms with Crippen LogP contribution in [0.5, 0.6) is 17.2 Å².